The molecule has 4 nitrogen and oxygen atoms in total. The van der Waals surface area contributed by atoms with E-state index in [4.69, 9.17) is 0 Å². The van der Waals surface area contributed by atoms with Gasteiger partial charge in [-0.3, -0.25) is 0 Å². The minimum atomic E-state index is -2.87. The van der Waals surface area contributed by atoms with Gasteiger partial charge in [-0.25, -0.2) is 8.42 Å². The molecule has 0 saturated carbocycles. The lowest BCUT2D eigenvalue weighted by Gasteiger charge is -2.35. The number of anilines is 1. The Hall–Kier alpha value is -0.590. The second kappa shape index (κ2) is 6.67. The van der Waals surface area contributed by atoms with Crippen molar-refractivity contribution in [3.8, 4) is 0 Å². The topological polar surface area (TPSA) is 49.4 Å². The zero-order valence-corrected chi connectivity index (χ0v) is 15.2. The Morgan fingerprint density at radius 3 is 2.71 bits per heavy atom. The molecule has 21 heavy (non-hydrogen) atoms. The lowest BCUT2D eigenvalue weighted by Crippen LogP contribution is -2.47. The fourth-order valence-corrected chi connectivity index (χ4v) is 4.62. The molecule has 0 amide bonds. The van der Waals surface area contributed by atoms with Crippen LogP contribution < -0.4 is 10.2 Å². The molecule has 1 aromatic carbocycles. The summed E-state index contributed by atoms with van der Waals surface area (Å²) in [5, 5.41) is 3.40. The normalized spacial score (nSPS) is 21.8. The van der Waals surface area contributed by atoms with Crippen molar-refractivity contribution in [1.82, 2.24) is 5.32 Å². The minimum absolute atomic E-state index is 0.0234. The Balaban J connectivity index is 2.13. The molecule has 0 aromatic heterocycles. The van der Waals surface area contributed by atoms with Crippen LogP contribution in [0.25, 0.3) is 0 Å². The summed E-state index contributed by atoms with van der Waals surface area (Å²) in [4.78, 5) is 2.17. The van der Waals surface area contributed by atoms with E-state index >= 15 is 0 Å². The van der Waals surface area contributed by atoms with Crippen molar-refractivity contribution in [3.63, 3.8) is 0 Å². The average Bonchev–Trinajstić information content (AvgIpc) is 2.36. The van der Waals surface area contributed by atoms with Gasteiger partial charge in [-0.05, 0) is 24.6 Å². The summed E-state index contributed by atoms with van der Waals surface area (Å²) in [7, 11) is -2.87. The summed E-state index contributed by atoms with van der Waals surface area (Å²) in [5.74, 6) is 0.479. The third kappa shape index (κ3) is 4.44. The number of halogens is 1. The van der Waals surface area contributed by atoms with Crippen LogP contribution in [0.15, 0.2) is 22.7 Å². The van der Waals surface area contributed by atoms with E-state index in [2.05, 4.69) is 58.2 Å². The van der Waals surface area contributed by atoms with Crippen LogP contribution in [0.2, 0.25) is 0 Å². The molecule has 1 heterocycles. The number of benzene rings is 1. The lowest BCUT2D eigenvalue weighted by atomic mass is 10.1. The fraction of sp³-hybridized carbons (Fsp3) is 0.600. The van der Waals surface area contributed by atoms with Crippen molar-refractivity contribution in [1.29, 1.82) is 0 Å². The number of rotatable bonds is 4. The maximum Gasteiger partial charge on any atom is 0.154 e. The van der Waals surface area contributed by atoms with Crippen molar-refractivity contribution in [2.45, 2.75) is 39.4 Å². The summed E-state index contributed by atoms with van der Waals surface area (Å²) in [6.45, 7) is 7.61. The van der Waals surface area contributed by atoms with Crippen LogP contribution in [0.1, 0.15) is 26.3 Å². The summed E-state index contributed by atoms with van der Waals surface area (Å²) < 4.78 is 24.4. The summed E-state index contributed by atoms with van der Waals surface area (Å²) >= 11 is 3.62. The van der Waals surface area contributed by atoms with Gasteiger partial charge in [-0.2, -0.15) is 0 Å². The van der Waals surface area contributed by atoms with Gasteiger partial charge in [-0.15, -0.1) is 0 Å². The maximum atomic E-state index is 11.7. The third-order valence-electron chi connectivity index (χ3n) is 3.74. The molecule has 1 aliphatic heterocycles. The highest BCUT2D eigenvalue weighted by molar-refractivity contribution is 9.10. The van der Waals surface area contributed by atoms with Crippen LogP contribution in [0.3, 0.4) is 0 Å². The molecule has 0 spiro atoms. The highest BCUT2D eigenvalue weighted by atomic mass is 79.9. The average molecular weight is 375 g/mol. The molecule has 1 saturated heterocycles. The zero-order valence-electron chi connectivity index (χ0n) is 12.8. The van der Waals surface area contributed by atoms with Crippen LogP contribution in [-0.2, 0) is 16.4 Å². The van der Waals surface area contributed by atoms with Gasteiger partial charge in [-0.1, -0.05) is 35.8 Å². The monoisotopic (exact) mass is 374 g/mol. The Morgan fingerprint density at radius 1 is 1.43 bits per heavy atom. The molecule has 1 N–H and O–H groups in total. The van der Waals surface area contributed by atoms with Crippen molar-refractivity contribution in [3.05, 3.63) is 28.2 Å². The first-order valence-corrected chi connectivity index (χ1v) is 9.89. The Morgan fingerprint density at radius 2 is 2.14 bits per heavy atom. The Bertz CT molecular complexity index is 602. The molecule has 0 bridgehead atoms. The van der Waals surface area contributed by atoms with E-state index < -0.39 is 9.84 Å². The summed E-state index contributed by atoms with van der Waals surface area (Å²) in [5.41, 5.74) is 2.29. The standard InChI is InChI=1S/C15H23BrN2O2S/c1-11(2)17-9-13-4-5-14(8-15(13)16)18-6-7-21(19,20)10-12(18)3/h4-5,8,11-12,17H,6-7,9-10H2,1-3H3. The maximum absolute atomic E-state index is 11.7. The summed E-state index contributed by atoms with van der Waals surface area (Å²) in [6, 6.07) is 6.74. The van der Waals surface area contributed by atoms with Gasteiger partial charge >= 0.3 is 0 Å². The van der Waals surface area contributed by atoms with Gasteiger partial charge in [0.15, 0.2) is 9.84 Å². The minimum Gasteiger partial charge on any atom is -0.367 e. The van der Waals surface area contributed by atoms with E-state index in [1.165, 1.54) is 5.56 Å². The largest absolute Gasteiger partial charge is 0.367 e. The van der Waals surface area contributed by atoms with Crippen LogP contribution in [0, 0.1) is 0 Å². The second-order valence-electron chi connectivity index (χ2n) is 5.97. The molecular formula is C15H23BrN2O2S. The quantitative estimate of drug-likeness (QED) is 0.879. The van der Waals surface area contributed by atoms with E-state index in [1.807, 2.05) is 6.92 Å². The molecule has 0 aliphatic carbocycles. The van der Waals surface area contributed by atoms with Gasteiger partial charge in [0.05, 0.1) is 11.5 Å². The fourth-order valence-electron chi connectivity index (χ4n) is 2.55. The van der Waals surface area contributed by atoms with E-state index in [0.29, 0.717) is 12.6 Å². The van der Waals surface area contributed by atoms with E-state index in [1.54, 1.807) is 0 Å². The van der Waals surface area contributed by atoms with Crippen LogP contribution in [0.5, 0.6) is 0 Å². The number of nitrogens with zero attached hydrogens (tertiary/aromatic N) is 1. The van der Waals surface area contributed by atoms with Gasteiger partial charge < -0.3 is 10.2 Å². The zero-order chi connectivity index (χ0) is 15.6. The molecule has 6 heteroatoms. The Kier molecular flexibility index (Phi) is 5.33. The number of hydrogen-bond acceptors (Lipinski definition) is 4. The van der Waals surface area contributed by atoms with Crippen LogP contribution in [0.4, 0.5) is 5.69 Å². The summed E-state index contributed by atoms with van der Waals surface area (Å²) in [6.07, 6.45) is 0. The molecule has 2 rings (SSSR count). The number of sulfone groups is 1. The van der Waals surface area contributed by atoms with E-state index in [-0.39, 0.29) is 17.5 Å². The molecule has 1 unspecified atom stereocenters. The predicted molar refractivity (Wildman–Crippen MR) is 91.6 cm³/mol. The number of nitrogens with one attached hydrogen (secondary N) is 1. The van der Waals surface area contributed by atoms with Crippen molar-refractivity contribution < 1.29 is 8.42 Å². The predicted octanol–water partition coefficient (Wildman–Crippen LogP) is 2.57. The van der Waals surface area contributed by atoms with Gasteiger partial charge in [0.1, 0.15) is 0 Å². The SMILES string of the molecule is CC(C)NCc1ccc(N2CCS(=O)(=O)CC2C)cc1Br. The molecule has 1 aliphatic rings. The third-order valence-corrected chi connectivity index (χ3v) is 6.27. The molecule has 1 aromatic rings. The Labute approximate surface area is 136 Å². The molecule has 0 radical (unpaired) electrons. The van der Waals surface area contributed by atoms with Gasteiger partial charge in [0, 0.05) is 35.3 Å². The molecule has 118 valence electrons. The van der Waals surface area contributed by atoms with Crippen LogP contribution >= 0.6 is 15.9 Å². The van der Waals surface area contributed by atoms with Crippen molar-refractivity contribution >= 4 is 31.5 Å². The first kappa shape index (κ1) is 16.8. The smallest absolute Gasteiger partial charge is 0.154 e. The highest BCUT2D eigenvalue weighted by Gasteiger charge is 2.28. The first-order chi connectivity index (χ1) is 9.78. The lowest BCUT2D eigenvalue weighted by molar-refractivity contribution is 0.568. The van der Waals surface area contributed by atoms with Gasteiger partial charge in [0.25, 0.3) is 0 Å². The highest BCUT2D eigenvalue weighted by Crippen LogP contribution is 2.27. The molecular weight excluding hydrogens is 352 g/mol. The number of hydrogen-bond donors (Lipinski definition) is 1. The van der Waals surface area contributed by atoms with Crippen molar-refractivity contribution in [2.75, 3.05) is 23.0 Å². The second-order valence-corrected chi connectivity index (χ2v) is 9.05. The first-order valence-electron chi connectivity index (χ1n) is 7.27. The van der Waals surface area contributed by atoms with Gasteiger partial charge in [0.2, 0.25) is 0 Å². The van der Waals surface area contributed by atoms with Crippen LogP contribution in [-0.4, -0.2) is 38.6 Å². The van der Waals surface area contributed by atoms with E-state index in [9.17, 15) is 8.42 Å². The molecule has 1 fully saturated rings. The van der Waals surface area contributed by atoms with E-state index in [0.717, 1.165) is 16.7 Å². The van der Waals surface area contributed by atoms with Crippen molar-refractivity contribution in [2.24, 2.45) is 0 Å². The molecule has 1 atom stereocenters.